The standard InChI is InChI=1S/C2H5OP/c1-3-2-4/h2H2,1H3. The SMILES string of the molecule is COC[P]. The van der Waals surface area contributed by atoms with Gasteiger partial charge in [-0.2, -0.15) is 0 Å². The van der Waals surface area contributed by atoms with E-state index in [4.69, 9.17) is 0 Å². The summed E-state index contributed by atoms with van der Waals surface area (Å²) in [6.45, 7) is 0. The molecule has 0 saturated heterocycles. The van der Waals surface area contributed by atoms with E-state index >= 15 is 0 Å². The van der Waals surface area contributed by atoms with Crippen LogP contribution < -0.4 is 0 Å². The topological polar surface area (TPSA) is 9.23 Å². The number of rotatable bonds is 1. The van der Waals surface area contributed by atoms with Crippen LogP contribution in [0.3, 0.4) is 0 Å². The fourth-order valence-electron chi connectivity index (χ4n) is 0. The second-order valence-corrected chi connectivity index (χ2v) is 0.676. The molecule has 0 aliphatic carbocycles. The highest BCUT2D eigenvalue weighted by Gasteiger charge is 1.53. The van der Waals surface area contributed by atoms with Crippen molar-refractivity contribution in [3.8, 4) is 0 Å². The summed E-state index contributed by atoms with van der Waals surface area (Å²) in [6.07, 6.45) is 0.514. The van der Waals surface area contributed by atoms with Gasteiger partial charge in [0.2, 0.25) is 0 Å². The average molecular weight is 76.0 g/mol. The zero-order chi connectivity index (χ0) is 3.41. The first-order valence-corrected chi connectivity index (χ1v) is 1.65. The van der Waals surface area contributed by atoms with Gasteiger partial charge >= 0.3 is 0 Å². The first-order chi connectivity index (χ1) is 1.91. The molecule has 0 aliphatic rings. The van der Waals surface area contributed by atoms with Crippen LogP contribution in [0.25, 0.3) is 0 Å². The predicted molar refractivity (Wildman–Crippen MR) is 18.8 cm³/mol. The van der Waals surface area contributed by atoms with Crippen molar-refractivity contribution in [3.05, 3.63) is 0 Å². The van der Waals surface area contributed by atoms with Crippen molar-refractivity contribution < 1.29 is 4.74 Å². The Bertz CT molecular complexity index is 8.00. The first kappa shape index (κ1) is 4.39. The summed E-state index contributed by atoms with van der Waals surface area (Å²) in [7, 11) is 5.30. The molecular formula is C2H5OP. The molecule has 1 nitrogen and oxygen atoms in total. The minimum Gasteiger partial charge on any atom is -0.379 e. The molecule has 0 aromatic carbocycles. The molecule has 0 atom stereocenters. The van der Waals surface area contributed by atoms with E-state index in [2.05, 4.69) is 14.0 Å². The fraction of sp³-hybridized carbons (Fsp3) is 1.00. The normalized spacial score (nSPS) is 7.50. The molecule has 0 bridgehead atoms. The van der Waals surface area contributed by atoms with Gasteiger partial charge in [0.25, 0.3) is 0 Å². The van der Waals surface area contributed by atoms with E-state index in [0.717, 1.165) is 0 Å². The van der Waals surface area contributed by atoms with Gasteiger partial charge < -0.3 is 4.74 Å². The quantitative estimate of drug-likeness (QED) is 0.423. The zero-order valence-electron chi connectivity index (χ0n) is 2.56. The van der Waals surface area contributed by atoms with E-state index in [1.165, 1.54) is 0 Å². The first-order valence-electron chi connectivity index (χ1n) is 1.01. The molecule has 2 heteroatoms. The summed E-state index contributed by atoms with van der Waals surface area (Å²) < 4.78 is 4.41. The van der Waals surface area contributed by atoms with E-state index in [-0.39, 0.29) is 0 Å². The van der Waals surface area contributed by atoms with Crippen LogP contribution in [0.1, 0.15) is 0 Å². The Morgan fingerprint density at radius 2 is 2.25 bits per heavy atom. The van der Waals surface area contributed by atoms with Crippen LogP contribution in [0.2, 0.25) is 0 Å². The van der Waals surface area contributed by atoms with Crippen LogP contribution in [0.5, 0.6) is 0 Å². The Labute approximate surface area is 28.5 Å². The van der Waals surface area contributed by atoms with Gasteiger partial charge in [-0.15, -0.1) is 0 Å². The Morgan fingerprint density at radius 3 is 2.25 bits per heavy atom. The van der Waals surface area contributed by atoms with Gasteiger partial charge in [0.15, 0.2) is 0 Å². The third kappa shape index (κ3) is 2.39. The van der Waals surface area contributed by atoms with Gasteiger partial charge in [0.05, 0.1) is 6.35 Å². The van der Waals surface area contributed by atoms with Crippen LogP contribution in [0.15, 0.2) is 0 Å². The van der Waals surface area contributed by atoms with E-state index < -0.39 is 0 Å². The number of ether oxygens (including phenoxy) is 1. The number of hydrogen-bond acceptors (Lipinski definition) is 1. The lowest BCUT2D eigenvalue weighted by atomic mass is 11.5. The van der Waals surface area contributed by atoms with Crippen molar-refractivity contribution in [1.82, 2.24) is 0 Å². The molecule has 4 heavy (non-hydrogen) atoms. The molecule has 0 fully saturated rings. The molecule has 0 aromatic heterocycles. The van der Waals surface area contributed by atoms with Crippen LogP contribution in [-0.4, -0.2) is 13.5 Å². The second-order valence-electron chi connectivity index (χ2n) is 0.418. The second kappa shape index (κ2) is 3.39. The molecule has 0 unspecified atom stereocenters. The van der Waals surface area contributed by atoms with Crippen molar-refractivity contribution in [2.45, 2.75) is 0 Å². The van der Waals surface area contributed by atoms with Gasteiger partial charge in [-0.1, -0.05) is 0 Å². The van der Waals surface area contributed by atoms with E-state index in [0.29, 0.717) is 6.35 Å². The molecule has 24 valence electrons. The van der Waals surface area contributed by atoms with Crippen molar-refractivity contribution >= 4 is 9.24 Å². The van der Waals surface area contributed by atoms with Gasteiger partial charge in [-0.25, -0.2) is 0 Å². The minimum atomic E-state index is 0.514. The molecule has 0 aliphatic heterocycles. The molecule has 0 spiro atoms. The summed E-state index contributed by atoms with van der Waals surface area (Å²) in [5.74, 6) is 0. The van der Waals surface area contributed by atoms with E-state index in [1.54, 1.807) is 7.11 Å². The summed E-state index contributed by atoms with van der Waals surface area (Å²) in [6, 6.07) is 0. The molecule has 2 radical (unpaired) electrons. The predicted octanol–water partition coefficient (Wildman–Crippen LogP) is 1.00. The van der Waals surface area contributed by atoms with Gasteiger partial charge in [-0.3, -0.25) is 0 Å². The highest BCUT2D eigenvalue weighted by Crippen LogP contribution is 1.73. The van der Waals surface area contributed by atoms with Crippen molar-refractivity contribution in [2.24, 2.45) is 0 Å². The van der Waals surface area contributed by atoms with E-state index in [9.17, 15) is 0 Å². The molecule has 0 N–H and O–H groups in total. The maximum absolute atomic E-state index is 4.41. The maximum atomic E-state index is 4.41. The van der Waals surface area contributed by atoms with Crippen LogP contribution in [0, 0.1) is 0 Å². The van der Waals surface area contributed by atoms with E-state index in [1.807, 2.05) is 0 Å². The summed E-state index contributed by atoms with van der Waals surface area (Å²) in [5.41, 5.74) is 0. The van der Waals surface area contributed by atoms with Gasteiger partial charge in [-0.05, 0) is 9.24 Å². The van der Waals surface area contributed by atoms with Crippen LogP contribution in [0.4, 0.5) is 0 Å². The average Bonchev–Trinajstić information content (AvgIpc) is 1.37. The highest BCUT2D eigenvalue weighted by atomic mass is 31.0. The summed E-state index contributed by atoms with van der Waals surface area (Å²) in [4.78, 5) is 0. The van der Waals surface area contributed by atoms with Crippen molar-refractivity contribution in [2.75, 3.05) is 13.5 Å². The molecule has 0 rings (SSSR count). The lowest BCUT2D eigenvalue weighted by molar-refractivity contribution is 0.258. The molecule has 0 heterocycles. The van der Waals surface area contributed by atoms with Crippen LogP contribution >= 0.6 is 9.24 Å². The van der Waals surface area contributed by atoms with Crippen LogP contribution in [-0.2, 0) is 4.74 Å². The lowest BCUT2D eigenvalue weighted by Crippen LogP contribution is -1.67. The Balaban J connectivity index is 1.97. The molecule has 0 amide bonds. The maximum Gasteiger partial charge on any atom is 0.0743 e. The minimum absolute atomic E-state index is 0.514. The number of methoxy groups -OCH3 is 1. The zero-order valence-corrected chi connectivity index (χ0v) is 3.46. The van der Waals surface area contributed by atoms with Crippen molar-refractivity contribution in [3.63, 3.8) is 0 Å². The largest absolute Gasteiger partial charge is 0.379 e. The van der Waals surface area contributed by atoms with Gasteiger partial charge in [0.1, 0.15) is 0 Å². The molecule has 0 aromatic rings. The summed E-state index contributed by atoms with van der Waals surface area (Å²) in [5, 5.41) is 0. The Hall–Kier alpha value is 0.390. The highest BCUT2D eigenvalue weighted by molar-refractivity contribution is 7.16. The summed E-state index contributed by atoms with van der Waals surface area (Å²) >= 11 is 0. The smallest absolute Gasteiger partial charge is 0.0743 e. The van der Waals surface area contributed by atoms with Crippen molar-refractivity contribution in [1.29, 1.82) is 0 Å². The Kier molecular flexibility index (Phi) is 3.72. The van der Waals surface area contributed by atoms with Gasteiger partial charge in [0, 0.05) is 7.11 Å². The monoisotopic (exact) mass is 76.0 g/mol. The number of hydrogen-bond donors (Lipinski definition) is 0. The Morgan fingerprint density at radius 1 is 2.00 bits per heavy atom. The molecule has 0 saturated carbocycles. The lowest BCUT2D eigenvalue weighted by Gasteiger charge is -1.75. The third-order valence-electron chi connectivity index (χ3n) is 0.129. The fourth-order valence-corrected chi connectivity index (χ4v) is 0. The molecular weight excluding hydrogens is 71.0 g/mol. The third-order valence-corrected chi connectivity index (χ3v) is 0.387.